The monoisotopic (exact) mass is 307 g/mol. The molecule has 0 aliphatic carbocycles. The molecule has 0 unspecified atom stereocenters. The standard InChI is InChI=1S/C18H17N3O2/c1-21-8-7-12-14(10-21)13(11-5-3-2-4-6-11)9-15-16(12)20-18(23)17(22)19-15/h2-6,9H,7-8,10H2,1H3,(H,19,22)(H,20,23). The molecule has 116 valence electrons. The summed E-state index contributed by atoms with van der Waals surface area (Å²) in [4.78, 5) is 31.2. The second-order valence-corrected chi connectivity index (χ2v) is 6.07. The molecule has 2 N–H and O–H groups in total. The van der Waals surface area contributed by atoms with Gasteiger partial charge in [-0.25, -0.2) is 0 Å². The molecule has 0 amide bonds. The number of H-pyrrole nitrogens is 2. The van der Waals surface area contributed by atoms with Gasteiger partial charge >= 0.3 is 11.1 Å². The van der Waals surface area contributed by atoms with Crippen molar-refractivity contribution in [2.75, 3.05) is 13.6 Å². The first-order chi connectivity index (χ1) is 11.1. The second-order valence-electron chi connectivity index (χ2n) is 6.07. The molecule has 0 radical (unpaired) electrons. The van der Waals surface area contributed by atoms with E-state index >= 15 is 0 Å². The number of nitrogens with zero attached hydrogens (tertiary/aromatic N) is 1. The quantitative estimate of drug-likeness (QED) is 0.674. The highest BCUT2D eigenvalue weighted by Gasteiger charge is 2.21. The van der Waals surface area contributed by atoms with Crippen LogP contribution >= 0.6 is 0 Å². The maximum atomic E-state index is 11.7. The first-order valence-electron chi connectivity index (χ1n) is 7.68. The molecule has 1 aromatic heterocycles. The number of hydrogen-bond donors (Lipinski definition) is 2. The van der Waals surface area contributed by atoms with Gasteiger partial charge in [0.2, 0.25) is 0 Å². The number of aromatic amines is 2. The van der Waals surface area contributed by atoms with Crippen molar-refractivity contribution in [1.82, 2.24) is 14.9 Å². The molecular formula is C18H17N3O2. The van der Waals surface area contributed by atoms with Gasteiger partial charge in [0, 0.05) is 13.1 Å². The Morgan fingerprint density at radius 2 is 1.74 bits per heavy atom. The van der Waals surface area contributed by atoms with Gasteiger partial charge in [-0.1, -0.05) is 30.3 Å². The summed E-state index contributed by atoms with van der Waals surface area (Å²) in [5, 5.41) is 0. The first kappa shape index (κ1) is 14.0. The van der Waals surface area contributed by atoms with Crippen LogP contribution in [0.3, 0.4) is 0 Å². The van der Waals surface area contributed by atoms with Crippen LogP contribution in [0.5, 0.6) is 0 Å². The van der Waals surface area contributed by atoms with Gasteiger partial charge < -0.3 is 14.9 Å². The minimum absolute atomic E-state index is 0.592. The molecule has 4 rings (SSSR count). The highest BCUT2D eigenvalue weighted by atomic mass is 16.2. The maximum Gasteiger partial charge on any atom is 0.314 e. The maximum absolute atomic E-state index is 11.7. The third kappa shape index (κ3) is 2.29. The fourth-order valence-corrected chi connectivity index (χ4v) is 3.35. The van der Waals surface area contributed by atoms with E-state index in [4.69, 9.17) is 0 Å². The molecule has 23 heavy (non-hydrogen) atoms. The van der Waals surface area contributed by atoms with E-state index in [0.29, 0.717) is 5.52 Å². The fourth-order valence-electron chi connectivity index (χ4n) is 3.35. The number of benzene rings is 2. The zero-order chi connectivity index (χ0) is 16.0. The molecule has 0 atom stereocenters. The summed E-state index contributed by atoms with van der Waals surface area (Å²) >= 11 is 0. The van der Waals surface area contributed by atoms with Crippen molar-refractivity contribution in [2.45, 2.75) is 13.0 Å². The van der Waals surface area contributed by atoms with Crippen molar-refractivity contribution in [3.8, 4) is 11.1 Å². The van der Waals surface area contributed by atoms with Gasteiger partial charge in [-0.3, -0.25) is 9.59 Å². The molecule has 0 saturated carbocycles. The molecular weight excluding hydrogens is 290 g/mol. The number of rotatable bonds is 1. The zero-order valence-electron chi connectivity index (χ0n) is 12.8. The Morgan fingerprint density at radius 1 is 1.00 bits per heavy atom. The van der Waals surface area contributed by atoms with E-state index in [1.807, 2.05) is 24.3 Å². The highest BCUT2D eigenvalue weighted by molar-refractivity contribution is 5.87. The van der Waals surface area contributed by atoms with Gasteiger partial charge in [-0.05, 0) is 41.8 Å². The Labute approximate surface area is 132 Å². The Balaban J connectivity index is 2.10. The van der Waals surface area contributed by atoms with Gasteiger partial charge in [0.1, 0.15) is 0 Å². The lowest BCUT2D eigenvalue weighted by Gasteiger charge is -2.28. The van der Waals surface area contributed by atoms with Crippen molar-refractivity contribution in [2.24, 2.45) is 0 Å². The molecule has 5 nitrogen and oxygen atoms in total. The Kier molecular flexibility index (Phi) is 3.16. The summed E-state index contributed by atoms with van der Waals surface area (Å²) in [5.41, 5.74) is 4.84. The summed E-state index contributed by atoms with van der Waals surface area (Å²) in [6.07, 6.45) is 0.852. The van der Waals surface area contributed by atoms with Crippen LogP contribution in [-0.2, 0) is 13.0 Å². The van der Waals surface area contributed by atoms with Gasteiger partial charge in [-0.2, -0.15) is 0 Å². The zero-order valence-corrected chi connectivity index (χ0v) is 12.8. The van der Waals surface area contributed by atoms with Gasteiger partial charge in [0.25, 0.3) is 0 Å². The fraction of sp³-hybridized carbons (Fsp3) is 0.222. The lowest BCUT2D eigenvalue weighted by Crippen LogP contribution is -2.31. The molecule has 0 spiro atoms. The first-order valence-corrected chi connectivity index (χ1v) is 7.68. The van der Waals surface area contributed by atoms with Crippen LogP contribution in [0.2, 0.25) is 0 Å². The Hall–Kier alpha value is -2.66. The Morgan fingerprint density at radius 3 is 2.52 bits per heavy atom. The van der Waals surface area contributed by atoms with Crippen LogP contribution in [-0.4, -0.2) is 28.5 Å². The summed E-state index contributed by atoms with van der Waals surface area (Å²) in [5.74, 6) is 0. The Bertz CT molecular complexity index is 1000. The number of nitrogens with one attached hydrogen (secondary N) is 2. The van der Waals surface area contributed by atoms with Crippen molar-refractivity contribution >= 4 is 11.0 Å². The molecule has 0 fully saturated rings. The van der Waals surface area contributed by atoms with Crippen molar-refractivity contribution in [3.63, 3.8) is 0 Å². The largest absolute Gasteiger partial charge is 0.316 e. The average molecular weight is 307 g/mol. The van der Waals surface area contributed by atoms with Crippen LogP contribution in [0.1, 0.15) is 11.1 Å². The normalized spacial score (nSPS) is 14.8. The third-order valence-electron chi connectivity index (χ3n) is 4.50. The van der Waals surface area contributed by atoms with Gasteiger partial charge in [0.05, 0.1) is 11.0 Å². The minimum Gasteiger partial charge on any atom is -0.316 e. The smallest absolute Gasteiger partial charge is 0.314 e. The molecule has 1 aliphatic rings. The lowest BCUT2D eigenvalue weighted by molar-refractivity contribution is 0.314. The number of aromatic nitrogens is 2. The predicted molar refractivity (Wildman–Crippen MR) is 90.7 cm³/mol. The number of likely N-dealkylation sites (N-methyl/N-ethyl adjacent to an activating group) is 1. The summed E-state index contributed by atoms with van der Waals surface area (Å²) in [6, 6.07) is 12.1. The van der Waals surface area contributed by atoms with Crippen LogP contribution in [0, 0.1) is 0 Å². The highest BCUT2D eigenvalue weighted by Crippen LogP contribution is 2.33. The van der Waals surface area contributed by atoms with Crippen molar-refractivity contribution < 1.29 is 0 Å². The topological polar surface area (TPSA) is 69.0 Å². The van der Waals surface area contributed by atoms with Crippen LogP contribution in [0.4, 0.5) is 0 Å². The van der Waals surface area contributed by atoms with E-state index < -0.39 is 11.1 Å². The predicted octanol–water partition coefficient (Wildman–Crippen LogP) is 1.87. The van der Waals surface area contributed by atoms with Crippen molar-refractivity contribution in [1.29, 1.82) is 0 Å². The lowest BCUT2D eigenvalue weighted by atomic mass is 9.90. The van der Waals surface area contributed by atoms with E-state index in [9.17, 15) is 9.59 Å². The van der Waals surface area contributed by atoms with Crippen LogP contribution in [0.15, 0.2) is 46.0 Å². The number of fused-ring (bicyclic) bond motifs is 3. The molecule has 1 aliphatic heterocycles. The van der Waals surface area contributed by atoms with E-state index in [1.165, 1.54) is 5.56 Å². The third-order valence-corrected chi connectivity index (χ3v) is 4.50. The molecule has 2 heterocycles. The van der Waals surface area contributed by atoms with E-state index in [1.54, 1.807) is 0 Å². The van der Waals surface area contributed by atoms with Crippen LogP contribution in [0.25, 0.3) is 22.2 Å². The van der Waals surface area contributed by atoms with E-state index in [2.05, 4.69) is 34.0 Å². The number of hydrogen-bond acceptors (Lipinski definition) is 3. The second kappa shape index (κ2) is 5.21. The molecule has 2 aromatic carbocycles. The molecule has 0 bridgehead atoms. The molecule has 3 aromatic rings. The molecule has 5 heteroatoms. The minimum atomic E-state index is -0.607. The SMILES string of the molecule is CN1CCc2c(c(-c3ccccc3)cc3[nH]c(=O)c(=O)[nH]c23)C1. The summed E-state index contributed by atoms with van der Waals surface area (Å²) in [6.45, 7) is 1.76. The van der Waals surface area contributed by atoms with E-state index in [-0.39, 0.29) is 0 Å². The van der Waals surface area contributed by atoms with Gasteiger partial charge in [-0.15, -0.1) is 0 Å². The van der Waals surface area contributed by atoms with Gasteiger partial charge in [0.15, 0.2) is 0 Å². The summed E-state index contributed by atoms with van der Waals surface area (Å²) < 4.78 is 0. The summed E-state index contributed by atoms with van der Waals surface area (Å²) in [7, 11) is 2.09. The van der Waals surface area contributed by atoms with Crippen LogP contribution < -0.4 is 11.1 Å². The average Bonchev–Trinajstić information content (AvgIpc) is 2.56. The van der Waals surface area contributed by atoms with E-state index in [0.717, 1.165) is 41.7 Å². The van der Waals surface area contributed by atoms with Crippen molar-refractivity contribution in [3.05, 3.63) is 68.2 Å². The molecule has 0 saturated heterocycles.